The van der Waals surface area contributed by atoms with Gasteiger partial charge in [-0.05, 0) is 0 Å². The summed E-state index contributed by atoms with van der Waals surface area (Å²) in [5.41, 5.74) is 10.3. The van der Waals surface area contributed by atoms with Crippen LogP contribution in [0.25, 0.3) is 0 Å². The van der Waals surface area contributed by atoms with Gasteiger partial charge >= 0.3 is 304 Å². The van der Waals surface area contributed by atoms with Crippen molar-refractivity contribution in [1.82, 2.24) is 0 Å². The van der Waals surface area contributed by atoms with Gasteiger partial charge in [-0.3, -0.25) is 0 Å². The van der Waals surface area contributed by atoms with Gasteiger partial charge in [-0.1, -0.05) is 0 Å². The minimum Gasteiger partial charge on any atom is -1.00 e. The molecule has 0 radical (unpaired) electrons. The molecular formula is C45H63Cl3SiTi. The molecular weight excluding hydrogens is 723 g/mol. The molecule has 50 heavy (non-hydrogen) atoms. The molecule has 1 aliphatic rings. The second-order valence-electron chi connectivity index (χ2n) is 17.4. The van der Waals surface area contributed by atoms with E-state index in [9.17, 15) is 0 Å². The van der Waals surface area contributed by atoms with Crippen LogP contribution in [-0.4, -0.2) is 8.07 Å². The molecule has 0 nitrogen and oxygen atoms in total. The van der Waals surface area contributed by atoms with Crippen LogP contribution in [-0.2, 0) is 20.4 Å². The van der Waals surface area contributed by atoms with Crippen LogP contribution < -0.4 is 52.8 Å². The Kier molecular flexibility index (Phi) is 16.8. The van der Waals surface area contributed by atoms with Crippen molar-refractivity contribution in [2.75, 3.05) is 0 Å². The molecule has 1 unspecified atom stereocenters. The average Bonchev–Trinajstić information content (AvgIpc) is 3.40. The largest absolute Gasteiger partial charge is 1.00 e. The molecule has 3 aromatic carbocycles. The minimum atomic E-state index is -2.86. The van der Waals surface area contributed by atoms with E-state index in [1.807, 2.05) is 0 Å². The standard InChI is InChI=1S/C45H63Si.3ClH.Ti/c1-28(2)34-18-35(29(3)4)22-42(21-34)46(41-17-16-40(27-41)45(13,14)15,43-23-36(30(5)6)19-37(24-43)31(7)8)44-25-38(32(9)10)20-39(26-44)33(11)12;;;;/h16-33H,1-15H3;3*1H;/q;;;;+3/p-3. The quantitative estimate of drug-likeness (QED) is 0.220. The summed E-state index contributed by atoms with van der Waals surface area (Å²) in [7, 11) is -2.86. The van der Waals surface area contributed by atoms with Gasteiger partial charge in [0.25, 0.3) is 0 Å². The first-order valence-corrected chi connectivity index (χ1v) is 21.1. The van der Waals surface area contributed by atoms with Crippen LogP contribution in [0.3, 0.4) is 0 Å². The molecule has 4 rings (SSSR count). The predicted molar refractivity (Wildman–Crippen MR) is 208 cm³/mol. The monoisotopic (exact) mass is 784 g/mol. The number of rotatable bonds is 10. The third kappa shape index (κ3) is 9.35. The molecule has 0 heterocycles. The summed E-state index contributed by atoms with van der Waals surface area (Å²) in [4.78, 5) is 0. The zero-order chi connectivity index (χ0) is 35.2. The first-order valence-electron chi connectivity index (χ1n) is 18.3. The van der Waals surface area contributed by atoms with Crippen LogP contribution in [0, 0.1) is 5.41 Å². The maximum Gasteiger partial charge on any atom is -1.00 e. The predicted octanol–water partition coefficient (Wildman–Crippen LogP) is 2.70. The molecule has 5 heteroatoms. The van der Waals surface area contributed by atoms with Crippen molar-refractivity contribution in [3.05, 3.63) is 112 Å². The van der Waals surface area contributed by atoms with Gasteiger partial charge in [0.15, 0.2) is 0 Å². The third-order valence-corrected chi connectivity index (χ3v) is 17.9. The van der Waals surface area contributed by atoms with Gasteiger partial charge in [-0.15, -0.1) is 0 Å². The van der Waals surface area contributed by atoms with Crippen molar-refractivity contribution < 1.29 is 57.7 Å². The molecule has 0 N–H and O–H groups in total. The van der Waals surface area contributed by atoms with Gasteiger partial charge in [0.05, 0.1) is 0 Å². The van der Waals surface area contributed by atoms with Crippen LogP contribution in [0.2, 0.25) is 3.34 Å². The fourth-order valence-corrected chi connectivity index (χ4v) is 15.0. The minimum absolute atomic E-state index is 0. The molecule has 0 saturated heterocycles. The van der Waals surface area contributed by atoms with E-state index in [2.05, 4.69) is 197 Å². The number of allylic oxidation sites excluding steroid dienone is 4. The van der Waals surface area contributed by atoms with Crippen LogP contribution >= 0.6 is 0 Å². The summed E-state index contributed by atoms with van der Waals surface area (Å²) >= 11 is 2.58. The molecule has 0 saturated carbocycles. The molecule has 0 aliphatic heterocycles. The SMILES string of the molecule is CC(C)c1cc(C(C)C)cc([Si](c2cc(C(C)C)cc(C(C)C)c2)(c2cc(C(C)C)cc(C(C)C)c2)[C]2([Ti+3])C=CC(C(C)(C)C)=C2)c1.[Cl-].[Cl-].[Cl-]. The Morgan fingerprint density at radius 3 is 0.880 bits per heavy atom. The molecule has 0 aromatic heterocycles. The number of benzene rings is 3. The van der Waals surface area contributed by atoms with Gasteiger partial charge < -0.3 is 37.2 Å². The van der Waals surface area contributed by atoms with Crippen molar-refractivity contribution in [3.8, 4) is 0 Å². The van der Waals surface area contributed by atoms with Gasteiger partial charge in [0.2, 0.25) is 0 Å². The van der Waals surface area contributed by atoms with Crippen molar-refractivity contribution in [3.63, 3.8) is 0 Å². The first kappa shape index (κ1) is 47.0. The first-order chi connectivity index (χ1) is 21.7. The molecule has 272 valence electrons. The van der Waals surface area contributed by atoms with E-state index < -0.39 is 8.07 Å². The van der Waals surface area contributed by atoms with E-state index in [0.717, 1.165) is 0 Å². The van der Waals surface area contributed by atoms with Crippen molar-refractivity contribution in [2.24, 2.45) is 5.41 Å². The Labute approximate surface area is 338 Å². The Hall–Kier alpha value is -1.06. The Balaban J connectivity index is 0.00000417. The fraction of sp³-hybridized carbons (Fsp3) is 0.511. The Morgan fingerprint density at radius 2 is 0.700 bits per heavy atom. The molecule has 3 aromatic rings. The van der Waals surface area contributed by atoms with Crippen LogP contribution in [0.4, 0.5) is 0 Å². The molecule has 0 bridgehead atoms. The van der Waals surface area contributed by atoms with Crippen LogP contribution in [0.15, 0.2) is 78.4 Å². The number of halogens is 3. The second-order valence-corrected chi connectivity index (χ2v) is 23.5. The smallest absolute Gasteiger partial charge is 1.00 e. The fourth-order valence-electron chi connectivity index (χ4n) is 7.16. The van der Waals surface area contributed by atoms with E-state index in [4.69, 9.17) is 0 Å². The van der Waals surface area contributed by atoms with E-state index in [0.29, 0.717) is 35.5 Å². The second kappa shape index (κ2) is 17.8. The Morgan fingerprint density at radius 1 is 0.460 bits per heavy atom. The summed E-state index contributed by atoms with van der Waals surface area (Å²) in [6, 6.07) is 23.3. The zero-order valence-electron chi connectivity index (χ0n) is 33.5. The summed E-state index contributed by atoms with van der Waals surface area (Å²) < 4.78 is -0.173. The zero-order valence-corrected chi connectivity index (χ0v) is 38.4. The van der Waals surface area contributed by atoms with E-state index in [1.54, 1.807) is 15.6 Å². The van der Waals surface area contributed by atoms with E-state index >= 15 is 0 Å². The summed E-state index contributed by atoms with van der Waals surface area (Å²) in [5, 5.41) is 4.66. The molecule has 0 amide bonds. The number of hydrogen-bond acceptors (Lipinski definition) is 0. The van der Waals surface area contributed by atoms with Crippen molar-refractivity contribution in [1.29, 1.82) is 0 Å². The van der Waals surface area contributed by atoms with Crippen LogP contribution in [0.5, 0.6) is 0 Å². The normalized spacial score (nSPS) is 16.3. The summed E-state index contributed by atoms with van der Waals surface area (Å²) in [6.45, 7) is 35.6. The van der Waals surface area contributed by atoms with Crippen molar-refractivity contribution >= 4 is 23.6 Å². The van der Waals surface area contributed by atoms with Crippen molar-refractivity contribution in [2.45, 2.75) is 143 Å². The molecule has 1 atom stereocenters. The van der Waals surface area contributed by atoms with Gasteiger partial charge in [0, 0.05) is 0 Å². The van der Waals surface area contributed by atoms with Gasteiger partial charge in [-0.25, -0.2) is 0 Å². The third-order valence-electron chi connectivity index (χ3n) is 10.6. The maximum absolute atomic E-state index is 2.86. The summed E-state index contributed by atoms with van der Waals surface area (Å²) in [5.74, 6) is 2.71. The van der Waals surface area contributed by atoms with E-state index in [1.165, 1.54) is 39.0 Å². The number of hydrogen-bond donors (Lipinski definition) is 0. The van der Waals surface area contributed by atoms with E-state index in [-0.39, 0.29) is 46.0 Å². The van der Waals surface area contributed by atoms with Gasteiger partial charge in [0.1, 0.15) is 0 Å². The topological polar surface area (TPSA) is 0 Å². The van der Waals surface area contributed by atoms with Crippen LogP contribution in [0.1, 0.15) is 173 Å². The molecule has 0 fully saturated rings. The Bertz CT molecular complexity index is 1420. The maximum atomic E-state index is 2.70. The van der Waals surface area contributed by atoms with Gasteiger partial charge in [-0.2, -0.15) is 0 Å². The molecule has 1 aliphatic carbocycles. The average molecular weight is 786 g/mol. The summed E-state index contributed by atoms with van der Waals surface area (Å²) in [6.07, 6.45) is 7.79. The molecule has 0 spiro atoms.